The van der Waals surface area contributed by atoms with Gasteiger partial charge < -0.3 is 68.2 Å². The van der Waals surface area contributed by atoms with Crippen LogP contribution in [0.5, 0.6) is 0 Å². The largest absolute Gasteiger partial charge is 4.00 e. The van der Waals surface area contributed by atoms with E-state index >= 15 is 0 Å². The van der Waals surface area contributed by atoms with Crippen LogP contribution in [0.4, 0.5) is 0 Å². The first-order valence-electron chi connectivity index (χ1n) is 0. The summed E-state index contributed by atoms with van der Waals surface area (Å²) in [6.45, 7) is 0. The molecular weight excluding hydrogens is 282 g/mol. The summed E-state index contributed by atoms with van der Waals surface area (Å²) in [6, 6.07) is 0. The fraction of sp³-hybridized carbons (Fsp3) is 0. The summed E-state index contributed by atoms with van der Waals surface area (Å²) in [4.78, 5) is 0. The fourth-order valence-electron chi connectivity index (χ4n) is 0. The topological polar surface area (TPSA) is 36.5 Å². The molecule has 0 aliphatic carbocycles. The molecule has 0 aliphatic heterocycles. The number of quaternary nitrogens is 1. The van der Waals surface area contributed by atoms with Gasteiger partial charge in [-0.05, 0) is 0 Å². The first-order valence-corrected chi connectivity index (χ1v) is 0. The van der Waals surface area contributed by atoms with E-state index in [0.29, 0.717) is 0 Å². The monoisotopic (exact) mass is 283 g/mol. The molecule has 0 aliphatic rings. The Morgan fingerprint density at radius 2 is 0.429 bits per heavy atom. The standard InChI is InChI=1S/5ClH.H3N.Zr/h5*1H;1H3;/q;;;;;;+4/p-4. The molecule has 0 unspecified atom stereocenters. The van der Waals surface area contributed by atoms with Crippen LogP contribution in [0.15, 0.2) is 0 Å². The first-order chi connectivity index (χ1) is 0. The first kappa shape index (κ1) is 122. The van der Waals surface area contributed by atoms with Gasteiger partial charge in [-0.2, -0.15) is 0 Å². The Labute approximate surface area is 93.5 Å². The Balaban J connectivity index is 0. The van der Waals surface area contributed by atoms with Crippen molar-refractivity contribution in [3.05, 3.63) is 0 Å². The molecule has 0 saturated carbocycles. The van der Waals surface area contributed by atoms with Gasteiger partial charge in [0.1, 0.15) is 0 Å². The van der Waals surface area contributed by atoms with Crippen LogP contribution >= 0.6 is 0 Å². The van der Waals surface area contributed by atoms with E-state index in [4.69, 9.17) is 0 Å². The number of hydrogen-bond donors (Lipinski definition) is 1. The van der Waals surface area contributed by atoms with Gasteiger partial charge in [0.2, 0.25) is 0 Å². The Morgan fingerprint density at radius 3 is 0.429 bits per heavy atom. The molecule has 0 aromatic rings. The molecule has 0 fully saturated rings. The van der Waals surface area contributed by atoms with Gasteiger partial charge in [0.25, 0.3) is 0 Å². The number of rotatable bonds is 0. The molecule has 0 aromatic heterocycles. The fourth-order valence-corrected chi connectivity index (χ4v) is 0. The molecule has 1 nitrogen and oxygen atoms in total. The molecule has 7 heteroatoms. The minimum atomic E-state index is 0. The molecule has 48 valence electrons. The molecule has 7 heavy (non-hydrogen) atoms. The second kappa shape index (κ2) is 83.9. The summed E-state index contributed by atoms with van der Waals surface area (Å²) in [5.41, 5.74) is 0. The van der Waals surface area contributed by atoms with Gasteiger partial charge >= 0.3 is 26.2 Å². The van der Waals surface area contributed by atoms with Crippen LogP contribution < -0.4 is 68.2 Å². The minimum absolute atomic E-state index is 0. The predicted molar refractivity (Wildman–Crippen MR) is 5.98 cm³/mol. The van der Waals surface area contributed by atoms with Gasteiger partial charge in [0.05, 0.1) is 0 Å². The molecule has 0 radical (unpaired) electrons. The van der Waals surface area contributed by atoms with Gasteiger partial charge in [0.15, 0.2) is 0 Å². The van der Waals surface area contributed by atoms with E-state index < -0.39 is 0 Å². The van der Waals surface area contributed by atoms with Crippen LogP contribution in [0.3, 0.4) is 0 Å². The average Bonchev–Trinajstić information content (AvgIpc) is 0. The van der Waals surface area contributed by atoms with Gasteiger partial charge in [-0.15, -0.1) is 0 Å². The molecule has 0 heterocycles. The summed E-state index contributed by atoms with van der Waals surface area (Å²) >= 11 is 0. The van der Waals surface area contributed by atoms with Crippen LogP contribution in [0.2, 0.25) is 0 Å². The van der Waals surface area contributed by atoms with Crippen molar-refractivity contribution < 1.29 is 88.2 Å². The average molecular weight is 287 g/mol. The third-order valence-corrected chi connectivity index (χ3v) is 0. The van der Waals surface area contributed by atoms with E-state index in [0.717, 1.165) is 0 Å². The van der Waals surface area contributed by atoms with E-state index in [-0.39, 0.29) is 94.4 Å². The minimum Gasteiger partial charge on any atom is -1.00 e. The van der Waals surface area contributed by atoms with Crippen molar-refractivity contribution in [3.63, 3.8) is 0 Å². The molecule has 0 bridgehead atoms. The van der Waals surface area contributed by atoms with Crippen molar-refractivity contribution >= 4 is 0 Å². The van der Waals surface area contributed by atoms with Gasteiger partial charge in [0, 0.05) is 0 Å². The SMILES string of the molecule is [Cl-].[Cl-].[Cl-].[Cl-].[Cl-].[NH4+].[Zr+4]. The molecule has 0 saturated heterocycles. The molecule has 4 N–H and O–H groups in total. The number of halogens is 5. The zero-order valence-corrected chi connectivity index (χ0v) is 9.63. The maximum absolute atomic E-state index is 0. The van der Waals surface area contributed by atoms with Crippen molar-refractivity contribution in [2.24, 2.45) is 0 Å². The third-order valence-electron chi connectivity index (χ3n) is 0. The predicted octanol–water partition coefficient (Wildman–Crippen LogP) is -14.6. The van der Waals surface area contributed by atoms with E-state index in [1.165, 1.54) is 0 Å². The van der Waals surface area contributed by atoms with Gasteiger partial charge in [-0.25, -0.2) is 0 Å². The Morgan fingerprint density at radius 1 is 0.429 bits per heavy atom. The van der Waals surface area contributed by atoms with E-state index in [1.807, 2.05) is 0 Å². The van der Waals surface area contributed by atoms with Gasteiger partial charge in [-0.1, -0.05) is 0 Å². The zero-order chi connectivity index (χ0) is 0. The van der Waals surface area contributed by atoms with Crippen molar-refractivity contribution in [3.8, 4) is 0 Å². The molecule has 0 atom stereocenters. The van der Waals surface area contributed by atoms with E-state index in [9.17, 15) is 0 Å². The van der Waals surface area contributed by atoms with Crippen LogP contribution in [0, 0.1) is 0 Å². The summed E-state index contributed by atoms with van der Waals surface area (Å²) in [5, 5.41) is 0. The Kier molecular flexibility index (Phi) is 1460. The van der Waals surface area contributed by atoms with E-state index in [2.05, 4.69) is 0 Å². The second-order valence-corrected chi connectivity index (χ2v) is 0. The van der Waals surface area contributed by atoms with Crippen LogP contribution in [0.1, 0.15) is 0 Å². The third kappa shape index (κ3) is 62.5. The smallest absolute Gasteiger partial charge is 1.00 e. The van der Waals surface area contributed by atoms with Crippen LogP contribution in [-0.2, 0) is 26.2 Å². The van der Waals surface area contributed by atoms with Crippen molar-refractivity contribution in [2.75, 3.05) is 0 Å². The van der Waals surface area contributed by atoms with Crippen molar-refractivity contribution in [1.82, 2.24) is 6.15 Å². The summed E-state index contributed by atoms with van der Waals surface area (Å²) in [7, 11) is 0. The maximum atomic E-state index is 0. The molecular formula is H4Cl5NZr. The van der Waals surface area contributed by atoms with E-state index in [1.54, 1.807) is 0 Å². The van der Waals surface area contributed by atoms with Crippen LogP contribution in [0.25, 0.3) is 0 Å². The maximum Gasteiger partial charge on any atom is 4.00 e. The normalized spacial score (nSPS) is 0. The zero-order valence-electron chi connectivity index (χ0n) is 3.39. The molecule has 0 rings (SSSR count). The second-order valence-electron chi connectivity index (χ2n) is 0. The summed E-state index contributed by atoms with van der Waals surface area (Å²) in [6.07, 6.45) is 0. The quantitative estimate of drug-likeness (QED) is 0.459. The van der Waals surface area contributed by atoms with Crippen molar-refractivity contribution in [1.29, 1.82) is 0 Å². The Hall–Kier alpha value is 2.29. The van der Waals surface area contributed by atoms with Gasteiger partial charge in [-0.3, -0.25) is 0 Å². The van der Waals surface area contributed by atoms with Crippen LogP contribution in [-0.4, -0.2) is 0 Å². The van der Waals surface area contributed by atoms with Crippen molar-refractivity contribution in [2.45, 2.75) is 0 Å². The Bertz CT molecular complexity index is 8.04. The summed E-state index contributed by atoms with van der Waals surface area (Å²) < 4.78 is 0. The summed E-state index contributed by atoms with van der Waals surface area (Å²) in [5.74, 6) is 0. The number of hydrogen-bond acceptors (Lipinski definition) is 0. The molecule has 0 amide bonds. The molecule has 0 aromatic carbocycles. The molecule has 0 spiro atoms.